The molecule has 0 spiro atoms. The molecule has 3 aromatic heterocycles. The molecule has 1 N–H and O–H groups in total. The fraction of sp³-hybridized carbons (Fsp3) is 0.517. The van der Waals surface area contributed by atoms with Crippen molar-refractivity contribution in [3.63, 3.8) is 0 Å². The van der Waals surface area contributed by atoms with Crippen LogP contribution in [0.3, 0.4) is 0 Å². The Morgan fingerprint density at radius 3 is 2.71 bits per heavy atom. The monoisotopic (exact) mass is 623 g/mol. The summed E-state index contributed by atoms with van der Waals surface area (Å²) >= 11 is 1.47. The van der Waals surface area contributed by atoms with Crippen LogP contribution in [0.1, 0.15) is 76.1 Å². The average molecular weight is 624 g/mol. The summed E-state index contributed by atoms with van der Waals surface area (Å²) in [4.78, 5) is 29.2. The first-order valence-electron chi connectivity index (χ1n) is 14.0. The number of fused-ring (bicyclic) bond motifs is 1. The maximum atomic E-state index is 13.1. The molecule has 4 heterocycles. The van der Waals surface area contributed by atoms with E-state index in [9.17, 15) is 22.2 Å². The van der Waals surface area contributed by atoms with Crippen LogP contribution in [0, 0.1) is 6.92 Å². The molecule has 0 bridgehead atoms. The number of ether oxygens (including phenoxy) is 1. The summed E-state index contributed by atoms with van der Waals surface area (Å²) in [5.74, 6) is -0.784. The summed E-state index contributed by atoms with van der Waals surface area (Å²) in [6.45, 7) is 9.44. The quantitative estimate of drug-likeness (QED) is 0.383. The van der Waals surface area contributed by atoms with E-state index in [2.05, 4.69) is 25.2 Å². The van der Waals surface area contributed by atoms with Crippen molar-refractivity contribution in [2.75, 3.05) is 25.4 Å². The summed E-state index contributed by atoms with van der Waals surface area (Å²) < 4.78 is 57.2. The topological polar surface area (TPSA) is 97.3 Å². The molecule has 0 aromatic carbocycles. The molecule has 0 saturated carbocycles. The second kappa shape index (κ2) is 14.2. The Hall–Kier alpha value is -2.74. The Kier molecular flexibility index (Phi) is 10.8. The number of aromatic nitrogens is 3. The van der Waals surface area contributed by atoms with E-state index in [0.717, 1.165) is 23.3 Å². The first kappa shape index (κ1) is 32.2. The summed E-state index contributed by atoms with van der Waals surface area (Å²) in [5, 5.41) is 2.93. The third-order valence-corrected chi connectivity index (χ3v) is 9.81. The van der Waals surface area contributed by atoms with Crippen molar-refractivity contribution in [2.24, 2.45) is 0 Å². The third-order valence-electron chi connectivity index (χ3n) is 7.28. The molecule has 1 aliphatic rings. The number of thiophene rings is 1. The number of nitrogens with one attached hydrogen (secondary N) is 1. The van der Waals surface area contributed by atoms with Gasteiger partial charge in [0.2, 0.25) is 5.82 Å². The van der Waals surface area contributed by atoms with Crippen LogP contribution in [0.25, 0.3) is 0 Å². The van der Waals surface area contributed by atoms with E-state index in [1.807, 2.05) is 26.8 Å². The second-order valence-corrected chi connectivity index (χ2v) is 13.2. The third kappa shape index (κ3) is 8.21. The van der Waals surface area contributed by atoms with Crippen molar-refractivity contribution in [1.82, 2.24) is 25.2 Å². The minimum atomic E-state index is -4.58. The highest BCUT2D eigenvalue weighted by Crippen LogP contribution is 2.30. The van der Waals surface area contributed by atoms with Crippen LogP contribution in [-0.2, 0) is 41.1 Å². The SMILES string of the molecule is CCS(=O)c1ccc(CNC(=O)c2cc3c(s2)CCCN(C(C)c2cnc(C(F)(F)F)nc2C)CCO[C@@H](C)C3)nc1. The molecule has 0 saturated heterocycles. The van der Waals surface area contributed by atoms with Crippen LogP contribution < -0.4 is 5.32 Å². The predicted octanol–water partition coefficient (Wildman–Crippen LogP) is 5.27. The van der Waals surface area contributed by atoms with Crippen LogP contribution in [0.4, 0.5) is 13.2 Å². The van der Waals surface area contributed by atoms with Crippen molar-refractivity contribution >= 4 is 28.0 Å². The fourth-order valence-electron chi connectivity index (χ4n) is 4.94. The molecular weight excluding hydrogens is 587 g/mol. The fourth-order valence-corrected chi connectivity index (χ4v) is 6.81. The van der Waals surface area contributed by atoms with E-state index in [0.29, 0.717) is 58.6 Å². The lowest BCUT2D eigenvalue weighted by Gasteiger charge is -2.30. The van der Waals surface area contributed by atoms with Gasteiger partial charge in [0.25, 0.3) is 5.91 Å². The minimum absolute atomic E-state index is 0.0722. The van der Waals surface area contributed by atoms with E-state index < -0.39 is 22.8 Å². The second-order valence-electron chi connectivity index (χ2n) is 10.3. The number of alkyl halides is 3. The maximum Gasteiger partial charge on any atom is 0.451 e. The van der Waals surface area contributed by atoms with E-state index in [4.69, 9.17) is 4.74 Å². The summed E-state index contributed by atoms with van der Waals surface area (Å²) in [6, 6.07) is 5.30. The van der Waals surface area contributed by atoms with Gasteiger partial charge in [0.15, 0.2) is 0 Å². The zero-order valence-corrected chi connectivity index (χ0v) is 25.8. The lowest BCUT2D eigenvalue weighted by atomic mass is 10.1. The summed E-state index contributed by atoms with van der Waals surface area (Å²) in [7, 11) is -1.07. The molecule has 3 atom stereocenters. The van der Waals surface area contributed by atoms with Crippen molar-refractivity contribution in [3.8, 4) is 0 Å². The number of hydrogen-bond acceptors (Lipinski definition) is 8. The van der Waals surface area contributed by atoms with E-state index >= 15 is 0 Å². The largest absolute Gasteiger partial charge is 0.451 e. The van der Waals surface area contributed by atoms with Crippen LogP contribution in [0.15, 0.2) is 35.5 Å². The van der Waals surface area contributed by atoms with Crippen molar-refractivity contribution in [2.45, 2.75) is 76.7 Å². The minimum Gasteiger partial charge on any atom is -0.377 e. The average Bonchev–Trinajstić information content (AvgIpc) is 3.34. The van der Waals surface area contributed by atoms with Gasteiger partial charge in [0.05, 0.1) is 45.5 Å². The van der Waals surface area contributed by atoms with Crippen molar-refractivity contribution in [1.29, 1.82) is 0 Å². The zero-order valence-electron chi connectivity index (χ0n) is 24.2. The Balaban J connectivity index is 1.42. The molecule has 1 aliphatic heterocycles. The smallest absolute Gasteiger partial charge is 0.377 e. The molecule has 4 rings (SSSR count). The predicted molar refractivity (Wildman–Crippen MR) is 156 cm³/mol. The first-order chi connectivity index (χ1) is 20.0. The van der Waals surface area contributed by atoms with E-state index in [1.165, 1.54) is 17.5 Å². The number of halogens is 3. The normalized spacial score (nSPS) is 18.5. The maximum absolute atomic E-state index is 13.1. The van der Waals surface area contributed by atoms with Gasteiger partial charge in [-0.25, -0.2) is 9.97 Å². The number of nitrogens with zero attached hydrogens (tertiary/aromatic N) is 4. The number of rotatable bonds is 7. The lowest BCUT2D eigenvalue weighted by Crippen LogP contribution is -2.33. The van der Waals surface area contributed by atoms with Crippen LogP contribution in [0.5, 0.6) is 0 Å². The molecule has 228 valence electrons. The molecule has 0 aliphatic carbocycles. The van der Waals surface area contributed by atoms with Gasteiger partial charge in [-0.1, -0.05) is 6.92 Å². The molecular formula is C29H36F3N5O3S2. The summed E-state index contributed by atoms with van der Waals surface area (Å²) in [5.41, 5.74) is 2.75. The number of aryl methyl sites for hydroxylation is 2. The molecule has 3 aromatic rings. The van der Waals surface area contributed by atoms with Crippen LogP contribution >= 0.6 is 11.3 Å². The highest BCUT2D eigenvalue weighted by atomic mass is 32.2. The van der Waals surface area contributed by atoms with Crippen molar-refractivity contribution in [3.05, 3.63) is 68.7 Å². The number of carbonyl (C=O) groups is 1. The Bertz CT molecular complexity index is 1400. The van der Waals surface area contributed by atoms with Gasteiger partial charge in [-0.2, -0.15) is 13.2 Å². The van der Waals surface area contributed by atoms with Crippen LogP contribution in [0.2, 0.25) is 0 Å². The highest BCUT2D eigenvalue weighted by molar-refractivity contribution is 7.85. The van der Waals surface area contributed by atoms with Gasteiger partial charge >= 0.3 is 6.18 Å². The van der Waals surface area contributed by atoms with Gasteiger partial charge in [-0.05, 0) is 70.3 Å². The van der Waals surface area contributed by atoms with E-state index in [1.54, 1.807) is 25.3 Å². The number of hydrogen-bond donors (Lipinski definition) is 1. The van der Waals surface area contributed by atoms with Gasteiger partial charge < -0.3 is 10.1 Å². The molecule has 42 heavy (non-hydrogen) atoms. The lowest BCUT2D eigenvalue weighted by molar-refractivity contribution is -0.145. The summed E-state index contributed by atoms with van der Waals surface area (Å²) in [6.07, 6.45) is 0.466. The molecule has 8 nitrogen and oxygen atoms in total. The molecule has 0 fully saturated rings. The number of carbonyl (C=O) groups excluding carboxylic acids is 1. The van der Waals surface area contributed by atoms with Gasteiger partial charge in [0, 0.05) is 46.9 Å². The molecule has 0 radical (unpaired) electrons. The first-order valence-corrected chi connectivity index (χ1v) is 16.1. The van der Waals surface area contributed by atoms with Crippen molar-refractivity contribution < 1.29 is 26.9 Å². The highest BCUT2D eigenvalue weighted by Gasteiger charge is 2.35. The van der Waals surface area contributed by atoms with Crippen LogP contribution in [-0.4, -0.2) is 61.5 Å². The van der Waals surface area contributed by atoms with Gasteiger partial charge in [0.1, 0.15) is 0 Å². The van der Waals surface area contributed by atoms with Gasteiger partial charge in [-0.15, -0.1) is 11.3 Å². The Morgan fingerprint density at radius 2 is 2.05 bits per heavy atom. The van der Waals surface area contributed by atoms with E-state index in [-0.39, 0.29) is 24.6 Å². The molecule has 1 amide bonds. The molecule has 2 unspecified atom stereocenters. The zero-order chi connectivity index (χ0) is 30.4. The Labute approximate surface area is 250 Å². The molecule has 13 heteroatoms. The number of amides is 1. The number of pyridine rings is 1. The van der Waals surface area contributed by atoms with Gasteiger partial charge in [-0.3, -0.25) is 18.9 Å². The Morgan fingerprint density at radius 1 is 1.26 bits per heavy atom. The standard InChI is InChI=1S/C29H36F3N5O3S2/c1-5-42(39)23-9-8-22(33-16-23)15-34-27(38)26-14-21-13-18(2)40-12-11-37(10-6-7-25(21)41-26)20(4)24-17-35-28(29(30,31)32)36-19(24)3/h8-9,14,16-18,20H,5-7,10-13,15H2,1-4H3,(H,34,38)/t18-,20?,42?/m0/s1.